The fourth-order valence-corrected chi connectivity index (χ4v) is 0.299. The van der Waals surface area contributed by atoms with E-state index in [0.29, 0.717) is 6.42 Å². The quantitative estimate of drug-likeness (QED) is 0.264. The first kappa shape index (κ1) is 8.33. The summed E-state index contributed by atoms with van der Waals surface area (Å²) in [4.78, 5) is 8.24. The maximum Gasteiger partial charge on any atom is 0.341 e. The fourth-order valence-electron chi connectivity index (χ4n) is 0.299. The Hall–Kier alpha value is 0.334. The van der Waals surface area contributed by atoms with Gasteiger partial charge in [-0.05, 0) is 0 Å². The van der Waals surface area contributed by atoms with Crippen molar-refractivity contribution < 1.29 is 36.6 Å². The van der Waals surface area contributed by atoms with E-state index in [1.165, 1.54) is 6.08 Å². The first-order chi connectivity index (χ1) is 3.27. The van der Waals surface area contributed by atoms with Crippen LogP contribution in [0, 0.1) is 0 Å². The van der Waals surface area contributed by atoms with Gasteiger partial charge in [0.1, 0.15) is 0 Å². The molecular weight excluding hydrogens is 144 g/mol. The van der Waals surface area contributed by atoms with Gasteiger partial charge in [0.2, 0.25) is 0 Å². The molecule has 0 aliphatic carbocycles. The Balaban J connectivity index is 0.000000490. The summed E-state index contributed by atoms with van der Waals surface area (Å²) in [6, 6.07) is 0. The zero-order chi connectivity index (χ0) is 5.33. The second-order valence-corrected chi connectivity index (χ2v) is 1.37. The van der Waals surface area contributed by atoms with Crippen molar-refractivity contribution in [1.29, 1.82) is 0 Å². The van der Waals surface area contributed by atoms with Crippen molar-refractivity contribution in [2.75, 3.05) is 0 Å². The molecule has 1 heterocycles. The molecule has 1 aliphatic rings. The molecule has 0 bridgehead atoms. The molecule has 0 unspecified atom stereocenters. The molecule has 0 aromatic rings. The zero-order valence-corrected chi connectivity index (χ0v) is 5.82. The third-order valence-corrected chi connectivity index (χ3v) is 0.678. The molecule has 0 amide bonds. The minimum Gasteiger partial charge on any atom is -0.339 e. The largest absolute Gasteiger partial charge is 0.341 e. The first-order valence-electron chi connectivity index (χ1n) is 1.97. The molecule has 0 saturated carbocycles. The van der Waals surface area contributed by atoms with Crippen molar-refractivity contribution in [3.63, 3.8) is 0 Å². The standard InChI is InChI=1S/C4H6O3.Ti/c1-2-3-4(5)6-7-4;/h2,5H,1,3H2;. The Labute approximate surface area is 62.1 Å². The van der Waals surface area contributed by atoms with Gasteiger partial charge >= 0.3 is 5.97 Å². The monoisotopic (exact) mass is 150 g/mol. The van der Waals surface area contributed by atoms with Crippen LogP contribution in [0.25, 0.3) is 0 Å². The maximum absolute atomic E-state index is 8.61. The second kappa shape index (κ2) is 2.76. The number of aliphatic hydroxyl groups is 1. The molecule has 4 heteroatoms. The van der Waals surface area contributed by atoms with Crippen LogP contribution in [0.2, 0.25) is 0 Å². The van der Waals surface area contributed by atoms with Gasteiger partial charge in [-0.1, -0.05) is 6.08 Å². The first-order valence-corrected chi connectivity index (χ1v) is 1.97. The molecule has 1 fully saturated rings. The minimum atomic E-state index is -1.32. The Bertz CT molecular complexity index is 89.3. The van der Waals surface area contributed by atoms with Crippen LogP contribution in [0.1, 0.15) is 6.42 Å². The van der Waals surface area contributed by atoms with Crippen molar-refractivity contribution >= 4 is 0 Å². The normalized spacial score (nSPS) is 21.1. The van der Waals surface area contributed by atoms with Crippen molar-refractivity contribution in [3.8, 4) is 0 Å². The summed E-state index contributed by atoms with van der Waals surface area (Å²) in [6.07, 6.45) is 1.85. The Kier molecular flexibility index (Phi) is 2.87. The summed E-state index contributed by atoms with van der Waals surface area (Å²) in [5.41, 5.74) is 0. The van der Waals surface area contributed by atoms with E-state index in [2.05, 4.69) is 16.4 Å². The smallest absolute Gasteiger partial charge is 0.339 e. The van der Waals surface area contributed by atoms with Crippen LogP contribution in [0.3, 0.4) is 0 Å². The van der Waals surface area contributed by atoms with Crippen molar-refractivity contribution in [3.05, 3.63) is 12.7 Å². The Morgan fingerprint density at radius 2 is 2.12 bits per heavy atom. The van der Waals surface area contributed by atoms with Crippen molar-refractivity contribution in [2.24, 2.45) is 0 Å². The molecule has 0 atom stereocenters. The molecular formula is C4H6O3Ti. The van der Waals surface area contributed by atoms with E-state index in [1.807, 2.05) is 0 Å². The van der Waals surface area contributed by atoms with E-state index in [0.717, 1.165) is 0 Å². The van der Waals surface area contributed by atoms with Gasteiger partial charge in [0.05, 0.1) is 6.42 Å². The molecule has 0 aromatic carbocycles. The summed E-state index contributed by atoms with van der Waals surface area (Å²) in [7, 11) is 0. The van der Waals surface area contributed by atoms with Crippen LogP contribution in [0.5, 0.6) is 0 Å². The average molecular weight is 150 g/mol. The van der Waals surface area contributed by atoms with Crippen LogP contribution in [-0.2, 0) is 31.5 Å². The predicted molar refractivity (Wildman–Crippen MR) is 21.9 cm³/mol. The molecule has 0 radical (unpaired) electrons. The predicted octanol–water partition coefficient (Wildman–Crippen LogP) is 0.168. The zero-order valence-electron chi connectivity index (χ0n) is 4.26. The summed E-state index contributed by atoms with van der Waals surface area (Å²) in [5.74, 6) is -1.32. The molecule has 44 valence electrons. The van der Waals surface area contributed by atoms with Gasteiger partial charge in [-0.2, -0.15) is 9.78 Å². The van der Waals surface area contributed by atoms with Gasteiger partial charge in [0.15, 0.2) is 0 Å². The van der Waals surface area contributed by atoms with E-state index in [1.54, 1.807) is 0 Å². The van der Waals surface area contributed by atoms with Gasteiger partial charge in [-0.25, -0.2) is 0 Å². The van der Waals surface area contributed by atoms with Crippen molar-refractivity contribution in [2.45, 2.75) is 12.4 Å². The van der Waals surface area contributed by atoms with E-state index in [-0.39, 0.29) is 21.7 Å². The summed E-state index contributed by atoms with van der Waals surface area (Å²) in [6.45, 7) is 3.37. The summed E-state index contributed by atoms with van der Waals surface area (Å²) >= 11 is 0. The molecule has 0 aromatic heterocycles. The van der Waals surface area contributed by atoms with Crippen LogP contribution >= 0.6 is 0 Å². The molecule has 1 rings (SSSR count). The van der Waals surface area contributed by atoms with Crippen LogP contribution < -0.4 is 0 Å². The van der Waals surface area contributed by atoms with Crippen LogP contribution in [-0.4, -0.2) is 11.1 Å². The van der Waals surface area contributed by atoms with E-state index in [9.17, 15) is 0 Å². The summed E-state index contributed by atoms with van der Waals surface area (Å²) < 4.78 is 0. The molecule has 1 N–H and O–H groups in total. The SMILES string of the molecule is C=CCC1(O)OO1.[Ti]. The fraction of sp³-hybridized carbons (Fsp3) is 0.500. The molecule has 1 aliphatic heterocycles. The summed E-state index contributed by atoms with van der Waals surface area (Å²) in [5, 5.41) is 8.61. The van der Waals surface area contributed by atoms with Crippen molar-refractivity contribution in [1.82, 2.24) is 0 Å². The van der Waals surface area contributed by atoms with Gasteiger partial charge in [-0.15, -0.1) is 6.58 Å². The topological polar surface area (TPSA) is 45.3 Å². The maximum atomic E-state index is 8.61. The Morgan fingerprint density at radius 1 is 1.62 bits per heavy atom. The number of hydrogen-bond acceptors (Lipinski definition) is 3. The van der Waals surface area contributed by atoms with E-state index >= 15 is 0 Å². The van der Waals surface area contributed by atoms with Crippen LogP contribution in [0.4, 0.5) is 0 Å². The second-order valence-electron chi connectivity index (χ2n) is 1.37. The van der Waals surface area contributed by atoms with Gasteiger partial charge in [0, 0.05) is 21.7 Å². The third kappa shape index (κ3) is 2.07. The van der Waals surface area contributed by atoms with Gasteiger partial charge < -0.3 is 5.11 Å². The molecule has 8 heavy (non-hydrogen) atoms. The average Bonchev–Trinajstić information content (AvgIpc) is 2.22. The van der Waals surface area contributed by atoms with Gasteiger partial charge in [-0.3, -0.25) is 0 Å². The number of hydrogen-bond donors (Lipinski definition) is 1. The minimum absolute atomic E-state index is 0. The van der Waals surface area contributed by atoms with Crippen LogP contribution in [0.15, 0.2) is 12.7 Å². The number of rotatable bonds is 2. The van der Waals surface area contributed by atoms with E-state index in [4.69, 9.17) is 5.11 Å². The molecule has 3 nitrogen and oxygen atoms in total. The third-order valence-electron chi connectivity index (χ3n) is 0.678. The molecule has 1 saturated heterocycles. The molecule has 0 spiro atoms. The van der Waals surface area contributed by atoms with Gasteiger partial charge in [0.25, 0.3) is 0 Å². The Morgan fingerprint density at radius 3 is 2.25 bits per heavy atom. The van der Waals surface area contributed by atoms with E-state index < -0.39 is 5.97 Å².